The third kappa shape index (κ3) is 7.85. The van der Waals surface area contributed by atoms with Gasteiger partial charge < -0.3 is 9.64 Å². The van der Waals surface area contributed by atoms with Crippen LogP contribution in [-0.4, -0.2) is 36.6 Å². The molecule has 3 heteroatoms. The van der Waals surface area contributed by atoms with Crippen molar-refractivity contribution in [2.24, 2.45) is 17.3 Å². The van der Waals surface area contributed by atoms with Crippen molar-refractivity contribution in [3.8, 4) is 0 Å². The fourth-order valence-corrected chi connectivity index (χ4v) is 1.94. The molecule has 0 saturated carbocycles. The van der Waals surface area contributed by atoms with Crippen LogP contribution in [0.5, 0.6) is 0 Å². The van der Waals surface area contributed by atoms with E-state index in [0.717, 1.165) is 26.0 Å². The maximum atomic E-state index is 11.9. The van der Waals surface area contributed by atoms with Gasteiger partial charge in [0.25, 0.3) is 0 Å². The van der Waals surface area contributed by atoms with Gasteiger partial charge in [-0.2, -0.15) is 0 Å². The molecule has 21 heavy (non-hydrogen) atoms. The highest BCUT2D eigenvalue weighted by atomic mass is 16.5. The molecule has 0 aliphatic heterocycles. The summed E-state index contributed by atoms with van der Waals surface area (Å²) in [6, 6.07) is 0. The summed E-state index contributed by atoms with van der Waals surface area (Å²) < 4.78 is 6.07. The molecule has 0 aromatic rings. The molecule has 0 aliphatic rings. The van der Waals surface area contributed by atoms with Gasteiger partial charge in [0.2, 0.25) is 5.91 Å². The summed E-state index contributed by atoms with van der Waals surface area (Å²) in [6.45, 7) is 18.7. The predicted octanol–water partition coefficient (Wildman–Crippen LogP) is 4.36. The molecular weight excluding hydrogens is 262 g/mol. The van der Waals surface area contributed by atoms with Gasteiger partial charge in [0.05, 0.1) is 5.60 Å². The smallest absolute Gasteiger partial charge is 0.224 e. The van der Waals surface area contributed by atoms with Crippen molar-refractivity contribution in [2.45, 2.75) is 73.8 Å². The lowest BCUT2D eigenvalue weighted by Crippen LogP contribution is -2.36. The second kappa shape index (κ2) is 8.17. The van der Waals surface area contributed by atoms with Crippen LogP contribution in [-0.2, 0) is 9.53 Å². The Bertz CT molecular complexity index is 319. The Hall–Kier alpha value is -0.570. The van der Waals surface area contributed by atoms with E-state index in [0.29, 0.717) is 11.3 Å². The number of carbonyl (C=O) groups excluding carboxylic acids is 1. The fourth-order valence-electron chi connectivity index (χ4n) is 1.94. The number of amides is 1. The molecule has 0 radical (unpaired) electrons. The van der Waals surface area contributed by atoms with Crippen molar-refractivity contribution in [1.29, 1.82) is 0 Å². The second-order valence-corrected chi connectivity index (χ2v) is 8.17. The van der Waals surface area contributed by atoms with Crippen LogP contribution in [0.3, 0.4) is 0 Å². The Morgan fingerprint density at radius 3 is 2.00 bits per heavy atom. The Kier molecular flexibility index (Phi) is 7.94. The van der Waals surface area contributed by atoms with E-state index in [1.165, 1.54) is 0 Å². The van der Waals surface area contributed by atoms with Crippen LogP contribution in [0.2, 0.25) is 0 Å². The van der Waals surface area contributed by atoms with Gasteiger partial charge in [-0.05, 0) is 38.0 Å². The van der Waals surface area contributed by atoms with Crippen molar-refractivity contribution >= 4 is 5.91 Å². The van der Waals surface area contributed by atoms with Crippen molar-refractivity contribution in [2.75, 3.05) is 20.2 Å². The highest BCUT2D eigenvalue weighted by Crippen LogP contribution is 2.30. The lowest BCUT2D eigenvalue weighted by atomic mass is 9.78. The molecule has 0 fully saturated rings. The topological polar surface area (TPSA) is 29.5 Å². The van der Waals surface area contributed by atoms with Crippen LogP contribution in [0.25, 0.3) is 0 Å². The molecule has 0 bridgehead atoms. The molecule has 0 aromatic heterocycles. The van der Waals surface area contributed by atoms with Gasteiger partial charge in [-0.25, -0.2) is 0 Å². The number of nitrogens with zero attached hydrogens (tertiary/aromatic N) is 1. The van der Waals surface area contributed by atoms with Crippen molar-refractivity contribution < 1.29 is 9.53 Å². The summed E-state index contributed by atoms with van der Waals surface area (Å²) in [5, 5.41) is 0. The molecule has 0 unspecified atom stereocenters. The Labute approximate surface area is 132 Å². The van der Waals surface area contributed by atoms with Crippen LogP contribution in [0, 0.1) is 17.3 Å². The highest BCUT2D eigenvalue weighted by Gasteiger charge is 2.25. The van der Waals surface area contributed by atoms with Crippen molar-refractivity contribution in [3.63, 3.8) is 0 Å². The molecule has 1 amide bonds. The van der Waals surface area contributed by atoms with Crippen LogP contribution < -0.4 is 0 Å². The van der Waals surface area contributed by atoms with E-state index in [1.54, 1.807) is 0 Å². The average molecular weight is 299 g/mol. The minimum Gasteiger partial charge on any atom is -0.375 e. The minimum absolute atomic E-state index is 0.0610. The predicted molar refractivity (Wildman–Crippen MR) is 90.4 cm³/mol. The number of carbonyl (C=O) groups is 1. The van der Waals surface area contributed by atoms with Gasteiger partial charge in [-0.3, -0.25) is 4.79 Å². The largest absolute Gasteiger partial charge is 0.375 e. The lowest BCUT2D eigenvalue weighted by Gasteiger charge is -2.33. The minimum atomic E-state index is -0.182. The Balaban J connectivity index is 4.18. The average Bonchev–Trinajstić information content (AvgIpc) is 2.34. The molecule has 0 aliphatic carbocycles. The standard InChI is InChI=1S/C18H37NO2/c1-14(2)16(20)19(9)12-10-18(7,8)21-13-11-17(5,6)15(3)4/h14-15H,10-13H2,1-9H3. The van der Waals surface area contributed by atoms with Gasteiger partial charge in [-0.15, -0.1) is 0 Å². The fraction of sp³-hybridized carbons (Fsp3) is 0.944. The molecule has 0 saturated heterocycles. The monoisotopic (exact) mass is 299 g/mol. The summed E-state index contributed by atoms with van der Waals surface area (Å²) in [7, 11) is 1.88. The maximum absolute atomic E-state index is 11.9. The van der Waals surface area contributed by atoms with E-state index in [1.807, 2.05) is 25.8 Å². The van der Waals surface area contributed by atoms with Crippen LogP contribution in [0.4, 0.5) is 0 Å². The molecular formula is C18H37NO2. The highest BCUT2D eigenvalue weighted by molar-refractivity contribution is 5.77. The molecule has 0 heterocycles. The zero-order chi connectivity index (χ0) is 16.8. The molecule has 0 rings (SSSR count). The van der Waals surface area contributed by atoms with Gasteiger partial charge >= 0.3 is 0 Å². The van der Waals surface area contributed by atoms with Crippen LogP contribution >= 0.6 is 0 Å². The quantitative estimate of drug-likeness (QED) is 0.633. The lowest BCUT2D eigenvalue weighted by molar-refractivity contribution is -0.134. The first-order valence-corrected chi connectivity index (χ1v) is 8.28. The van der Waals surface area contributed by atoms with Crippen LogP contribution in [0.1, 0.15) is 68.2 Å². The van der Waals surface area contributed by atoms with E-state index in [-0.39, 0.29) is 17.4 Å². The molecule has 0 spiro atoms. The number of hydrogen-bond acceptors (Lipinski definition) is 2. The van der Waals surface area contributed by atoms with Gasteiger partial charge in [-0.1, -0.05) is 41.5 Å². The maximum Gasteiger partial charge on any atom is 0.224 e. The van der Waals surface area contributed by atoms with E-state index in [2.05, 4.69) is 41.5 Å². The van der Waals surface area contributed by atoms with Crippen LogP contribution in [0.15, 0.2) is 0 Å². The summed E-state index contributed by atoms with van der Waals surface area (Å²) in [6.07, 6.45) is 1.93. The van der Waals surface area contributed by atoms with E-state index >= 15 is 0 Å². The van der Waals surface area contributed by atoms with Gasteiger partial charge in [0.15, 0.2) is 0 Å². The summed E-state index contributed by atoms with van der Waals surface area (Å²) in [5.74, 6) is 0.914. The normalized spacial score (nSPS) is 13.1. The molecule has 0 aromatic carbocycles. The molecule has 3 nitrogen and oxygen atoms in total. The van der Waals surface area contributed by atoms with Gasteiger partial charge in [0, 0.05) is 26.1 Å². The van der Waals surface area contributed by atoms with E-state index < -0.39 is 0 Å². The first-order valence-electron chi connectivity index (χ1n) is 8.28. The Morgan fingerprint density at radius 2 is 1.57 bits per heavy atom. The first kappa shape index (κ1) is 20.4. The third-order valence-corrected chi connectivity index (χ3v) is 4.72. The van der Waals surface area contributed by atoms with Crippen molar-refractivity contribution in [1.82, 2.24) is 4.90 Å². The second-order valence-electron chi connectivity index (χ2n) is 8.17. The molecule has 126 valence electrons. The zero-order valence-electron chi connectivity index (χ0n) is 15.7. The summed E-state index contributed by atoms with van der Waals surface area (Å²) in [4.78, 5) is 13.7. The van der Waals surface area contributed by atoms with Gasteiger partial charge in [0.1, 0.15) is 0 Å². The molecule has 0 N–H and O–H groups in total. The third-order valence-electron chi connectivity index (χ3n) is 4.72. The number of ether oxygens (including phenoxy) is 1. The SMILES string of the molecule is CC(C)C(=O)N(C)CCC(C)(C)OCCC(C)(C)C(C)C. The van der Waals surface area contributed by atoms with Crippen molar-refractivity contribution in [3.05, 3.63) is 0 Å². The van der Waals surface area contributed by atoms with E-state index in [9.17, 15) is 4.79 Å². The number of rotatable bonds is 9. The zero-order valence-corrected chi connectivity index (χ0v) is 15.7. The first-order chi connectivity index (χ1) is 9.39. The summed E-state index contributed by atoms with van der Waals surface area (Å²) in [5.41, 5.74) is 0.124. The van der Waals surface area contributed by atoms with E-state index in [4.69, 9.17) is 4.74 Å². The summed E-state index contributed by atoms with van der Waals surface area (Å²) >= 11 is 0. The number of hydrogen-bond donors (Lipinski definition) is 0. The molecule has 0 atom stereocenters. The Morgan fingerprint density at radius 1 is 1.05 bits per heavy atom.